The van der Waals surface area contributed by atoms with E-state index >= 15 is 0 Å². The van der Waals surface area contributed by atoms with E-state index in [-0.39, 0.29) is 22.3 Å². The maximum Gasteiger partial charge on any atom is 0.338 e. The first-order valence-electron chi connectivity index (χ1n) is 7.17. The third-order valence-corrected chi connectivity index (χ3v) is 5.14. The molecule has 0 aromatic heterocycles. The van der Waals surface area contributed by atoms with E-state index in [1.807, 2.05) is 0 Å². The van der Waals surface area contributed by atoms with Gasteiger partial charge in [0, 0.05) is 13.1 Å². The lowest BCUT2D eigenvalue weighted by Crippen LogP contribution is -2.31. The smallest absolute Gasteiger partial charge is 0.338 e. The fourth-order valence-corrected chi connectivity index (χ4v) is 3.63. The van der Waals surface area contributed by atoms with Gasteiger partial charge < -0.3 is 9.47 Å². The molecule has 0 aliphatic rings. The Hall–Kier alpha value is -1.60. The summed E-state index contributed by atoms with van der Waals surface area (Å²) in [6, 6.07) is 4.26. The molecule has 0 aliphatic carbocycles. The quantitative estimate of drug-likeness (QED) is 0.718. The molecule has 0 saturated heterocycles. The maximum absolute atomic E-state index is 12.7. The number of methoxy groups -OCH3 is 1. The molecule has 0 spiro atoms. The average Bonchev–Trinajstić information content (AvgIpc) is 2.46. The summed E-state index contributed by atoms with van der Waals surface area (Å²) in [4.78, 5) is 11.9. The first-order chi connectivity index (χ1) is 10.3. The Morgan fingerprint density at radius 2 is 1.82 bits per heavy atom. The van der Waals surface area contributed by atoms with Gasteiger partial charge in [-0.2, -0.15) is 4.31 Å². The highest BCUT2D eigenvalue weighted by atomic mass is 32.2. The Labute approximate surface area is 132 Å². The van der Waals surface area contributed by atoms with Crippen molar-refractivity contribution in [1.82, 2.24) is 4.31 Å². The summed E-state index contributed by atoms with van der Waals surface area (Å²) in [5.41, 5.74) is 0.181. The van der Waals surface area contributed by atoms with E-state index in [0.29, 0.717) is 13.1 Å². The zero-order valence-electron chi connectivity index (χ0n) is 13.6. The van der Waals surface area contributed by atoms with Crippen molar-refractivity contribution in [3.05, 3.63) is 23.8 Å². The number of carbonyl (C=O) groups excluding carboxylic acids is 1. The minimum atomic E-state index is -3.73. The van der Waals surface area contributed by atoms with E-state index in [0.717, 1.165) is 0 Å². The molecule has 0 saturated carbocycles. The summed E-state index contributed by atoms with van der Waals surface area (Å²) in [5, 5.41) is 0. The van der Waals surface area contributed by atoms with Crippen LogP contribution in [0.25, 0.3) is 0 Å². The normalized spacial score (nSPS) is 11.8. The number of nitrogens with zero attached hydrogens (tertiary/aromatic N) is 1. The SMILES string of the molecule is CCN(CC)S(=O)(=O)c1cc(C(=O)OC(C)C)ccc1OC. The first kappa shape index (κ1) is 18.4. The van der Waals surface area contributed by atoms with Gasteiger partial charge in [-0.3, -0.25) is 0 Å². The summed E-state index contributed by atoms with van der Waals surface area (Å²) in [5.74, 6) is -0.360. The van der Waals surface area contributed by atoms with E-state index in [9.17, 15) is 13.2 Å². The van der Waals surface area contributed by atoms with Crippen LogP contribution in [0.4, 0.5) is 0 Å². The van der Waals surface area contributed by atoms with Crippen molar-refractivity contribution in [1.29, 1.82) is 0 Å². The fourth-order valence-electron chi connectivity index (χ4n) is 1.99. The van der Waals surface area contributed by atoms with Gasteiger partial charge >= 0.3 is 5.97 Å². The molecular weight excluding hydrogens is 306 g/mol. The van der Waals surface area contributed by atoms with E-state index in [2.05, 4.69) is 0 Å². The third kappa shape index (κ3) is 3.98. The number of carbonyl (C=O) groups is 1. The standard InChI is InChI=1S/C15H23NO5S/c1-6-16(7-2)22(18,19)14-10-12(8-9-13(14)20-5)15(17)21-11(3)4/h8-11H,6-7H2,1-5H3. The summed E-state index contributed by atoms with van der Waals surface area (Å²) in [6.07, 6.45) is -0.280. The van der Waals surface area contributed by atoms with Gasteiger partial charge in [-0.25, -0.2) is 13.2 Å². The summed E-state index contributed by atoms with van der Waals surface area (Å²) < 4.78 is 36.9. The van der Waals surface area contributed by atoms with Gasteiger partial charge in [-0.05, 0) is 32.0 Å². The lowest BCUT2D eigenvalue weighted by Gasteiger charge is -2.20. The zero-order valence-corrected chi connectivity index (χ0v) is 14.4. The summed E-state index contributed by atoms with van der Waals surface area (Å²) in [7, 11) is -2.34. The predicted molar refractivity (Wildman–Crippen MR) is 83.7 cm³/mol. The van der Waals surface area contributed by atoms with E-state index in [4.69, 9.17) is 9.47 Å². The van der Waals surface area contributed by atoms with Crippen LogP contribution in [-0.2, 0) is 14.8 Å². The van der Waals surface area contributed by atoms with Gasteiger partial charge in [0.2, 0.25) is 10.0 Å². The maximum atomic E-state index is 12.7. The van der Waals surface area contributed by atoms with Crippen molar-refractivity contribution in [2.75, 3.05) is 20.2 Å². The van der Waals surface area contributed by atoms with Crippen molar-refractivity contribution in [3.63, 3.8) is 0 Å². The number of hydrogen-bond donors (Lipinski definition) is 0. The van der Waals surface area contributed by atoms with Crippen molar-refractivity contribution in [2.24, 2.45) is 0 Å². The van der Waals surface area contributed by atoms with Crippen LogP contribution in [0.5, 0.6) is 5.75 Å². The monoisotopic (exact) mass is 329 g/mol. The van der Waals surface area contributed by atoms with Gasteiger partial charge in [0.15, 0.2) is 0 Å². The molecule has 0 N–H and O–H groups in total. The van der Waals surface area contributed by atoms with Crippen LogP contribution >= 0.6 is 0 Å². The third-order valence-electron chi connectivity index (χ3n) is 3.07. The number of benzene rings is 1. The molecule has 0 atom stereocenters. The van der Waals surface area contributed by atoms with Crippen molar-refractivity contribution in [3.8, 4) is 5.75 Å². The molecule has 1 aromatic carbocycles. The van der Waals surface area contributed by atoms with Gasteiger partial charge in [0.1, 0.15) is 10.6 Å². The Bertz CT molecular complexity index is 621. The van der Waals surface area contributed by atoms with Crippen LogP contribution in [0.2, 0.25) is 0 Å². The Kier molecular flexibility index (Phi) is 6.37. The Morgan fingerprint density at radius 1 is 1.23 bits per heavy atom. The molecule has 0 bridgehead atoms. The van der Waals surface area contributed by atoms with Crippen molar-refractivity contribution in [2.45, 2.75) is 38.7 Å². The lowest BCUT2D eigenvalue weighted by molar-refractivity contribution is 0.0377. The Morgan fingerprint density at radius 3 is 2.27 bits per heavy atom. The molecule has 1 rings (SSSR count). The van der Waals surface area contributed by atoms with Crippen LogP contribution in [0.1, 0.15) is 38.1 Å². The van der Waals surface area contributed by atoms with Crippen LogP contribution < -0.4 is 4.74 Å². The van der Waals surface area contributed by atoms with Gasteiger partial charge in [0.05, 0.1) is 18.8 Å². The number of esters is 1. The van der Waals surface area contributed by atoms with Crippen molar-refractivity contribution >= 4 is 16.0 Å². The summed E-state index contributed by atoms with van der Waals surface area (Å²) >= 11 is 0. The molecular formula is C15H23NO5S. The first-order valence-corrected chi connectivity index (χ1v) is 8.61. The van der Waals surface area contributed by atoms with Gasteiger partial charge in [-0.1, -0.05) is 13.8 Å². The summed E-state index contributed by atoms with van der Waals surface area (Å²) in [6.45, 7) is 7.64. The highest BCUT2D eigenvalue weighted by molar-refractivity contribution is 7.89. The molecule has 0 amide bonds. The highest BCUT2D eigenvalue weighted by Crippen LogP contribution is 2.28. The van der Waals surface area contributed by atoms with Crippen LogP contribution in [0.15, 0.2) is 23.1 Å². The molecule has 0 radical (unpaired) electrons. The van der Waals surface area contributed by atoms with E-state index in [1.54, 1.807) is 27.7 Å². The topological polar surface area (TPSA) is 72.9 Å². The van der Waals surface area contributed by atoms with E-state index in [1.165, 1.54) is 29.6 Å². The molecule has 0 aliphatic heterocycles. The van der Waals surface area contributed by atoms with Crippen LogP contribution in [-0.4, -0.2) is 45.0 Å². The number of ether oxygens (including phenoxy) is 2. The second-order valence-electron chi connectivity index (χ2n) is 4.91. The Balaban J connectivity index is 3.36. The molecule has 0 heterocycles. The molecule has 1 aromatic rings. The number of rotatable bonds is 7. The second kappa shape index (κ2) is 7.60. The molecule has 0 fully saturated rings. The number of sulfonamides is 1. The van der Waals surface area contributed by atoms with E-state index < -0.39 is 16.0 Å². The molecule has 0 unspecified atom stereocenters. The second-order valence-corrected chi connectivity index (χ2v) is 6.82. The molecule has 7 heteroatoms. The molecule has 22 heavy (non-hydrogen) atoms. The fraction of sp³-hybridized carbons (Fsp3) is 0.533. The van der Waals surface area contributed by atoms with Crippen molar-refractivity contribution < 1.29 is 22.7 Å². The zero-order chi connectivity index (χ0) is 16.9. The largest absolute Gasteiger partial charge is 0.495 e. The lowest BCUT2D eigenvalue weighted by atomic mass is 10.2. The minimum absolute atomic E-state index is 0.0306. The molecule has 124 valence electrons. The number of hydrogen-bond acceptors (Lipinski definition) is 5. The van der Waals surface area contributed by atoms with Crippen LogP contribution in [0, 0.1) is 0 Å². The van der Waals surface area contributed by atoms with Gasteiger partial charge in [-0.15, -0.1) is 0 Å². The van der Waals surface area contributed by atoms with Gasteiger partial charge in [0.25, 0.3) is 0 Å². The molecule has 6 nitrogen and oxygen atoms in total. The predicted octanol–water partition coefficient (Wildman–Crippen LogP) is 2.29. The highest BCUT2D eigenvalue weighted by Gasteiger charge is 2.27. The average molecular weight is 329 g/mol. The van der Waals surface area contributed by atoms with Crippen LogP contribution in [0.3, 0.4) is 0 Å². The minimum Gasteiger partial charge on any atom is -0.495 e.